The van der Waals surface area contributed by atoms with E-state index < -0.39 is 11.8 Å². The lowest BCUT2D eigenvalue weighted by atomic mass is 10.4. The van der Waals surface area contributed by atoms with Crippen molar-refractivity contribution in [2.45, 2.75) is 0 Å². The molecule has 12 heavy (non-hydrogen) atoms. The van der Waals surface area contributed by atoms with Crippen molar-refractivity contribution in [3.05, 3.63) is 24.3 Å². The third kappa shape index (κ3) is 5.15. The van der Waals surface area contributed by atoms with Crippen LogP contribution in [0.2, 0.25) is 0 Å². The van der Waals surface area contributed by atoms with Crippen LogP contribution in [0.4, 0.5) is 0 Å². The summed E-state index contributed by atoms with van der Waals surface area (Å²) in [5.41, 5.74) is 3.76. The first-order chi connectivity index (χ1) is 5.70. The Labute approximate surface area is 69.2 Å². The number of carbonyl (C=O) groups excluding carboxylic acids is 2. The summed E-state index contributed by atoms with van der Waals surface area (Å²) in [4.78, 5) is 20.9. The van der Waals surface area contributed by atoms with Gasteiger partial charge >= 0.3 is 0 Å². The molecule has 6 heteroatoms. The highest BCUT2D eigenvalue weighted by Crippen LogP contribution is 1.76. The Morgan fingerprint density at radius 3 is 1.50 bits per heavy atom. The van der Waals surface area contributed by atoms with E-state index in [0.717, 1.165) is 0 Å². The molecule has 0 aromatic heterocycles. The van der Waals surface area contributed by atoms with Gasteiger partial charge in [0.05, 0.1) is 0 Å². The van der Waals surface area contributed by atoms with Crippen LogP contribution in [-0.2, 0) is 9.59 Å². The zero-order chi connectivity index (χ0) is 9.40. The molecule has 0 aliphatic carbocycles. The fourth-order valence-electron chi connectivity index (χ4n) is 0.382. The number of nitrogens with one attached hydrogen (secondary N) is 2. The summed E-state index contributed by atoms with van der Waals surface area (Å²) in [7, 11) is 0. The fourth-order valence-corrected chi connectivity index (χ4v) is 0.382. The fraction of sp³-hybridized carbons (Fsp3) is 0. The van der Waals surface area contributed by atoms with Gasteiger partial charge in [0.1, 0.15) is 0 Å². The van der Waals surface area contributed by atoms with E-state index in [4.69, 9.17) is 11.7 Å². The largest absolute Gasteiger partial charge is 0.291 e. The maximum absolute atomic E-state index is 10.4. The minimum atomic E-state index is -0.451. The zero-order valence-electron chi connectivity index (χ0n) is 6.28. The molecule has 6 N–H and O–H groups in total. The Morgan fingerprint density at radius 2 is 1.25 bits per heavy atom. The molecule has 66 valence electrons. The van der Waals surface area contributed by atoms with Crippen LogP contribution in [-0.4, -0.2) is 11.8 Å². The average Bonchev–Trinajstić information content (AvgIpc) is 2.11. The number of hydrogen-bond donors (Lipinski definition) is 4. The summed E-state index contributed by atoms with van der Waals surface area (Å²) in [6.07, 6.45) is 5.05. The first-order valence-electron chi connectivity index (χ1n) is 3.06. The van der Waals surface area contributed by atoms with Gasteiger partial charge in [-0.15, -0.1) is 0 Å². The summed E-state index contributed by atoms with van der Waals surface area (Å²) in [6, 6.07) is 0. The van der Waals surface area contributed by atoms with E-state index in [-0.39, 0.29) is 0 Å². The van der Waals surface area contributed by atoms with Crippen LogP contribution in [0.25, 0.3) is 0 Å². The Balaban J connectivity index is 3.81. The molecule has 0 saturated carbocycles. The zero-order valence-corrected chi connectivity index (χ0v) is 6.28. The molecule has 0 aliphatic rings. The van der Waals surface area contributed by atoms with Gasteiger partial charge in [0.15, 0.2) is 0 Å². The van der Waals surface area contributed by atoms with Gasteiger partial charge in [0.25, 0.3) is 11.8 Å². The number of nitrogens with two attached hydrogens (primary N) is 2. The number of allylic oxidation sites excluding steroid dienone is 2. The highest BCUT2D eigenvalue weighted by molar-refractivity contribution is 5.89. The second-order valence-electron chi connectivity index (χ2n) is 1.74. The Hall–Kier alpha value is -1.66. The summed E-state index contributed by atoms with van der Waals surface area (Å²) in [6.45, 7) is 0. The monoisotopic (exact) mass is 170 g/mol. The van der Waals surface area contributed by atoms with Crippen LogP contribution in [0, 0.1) is 0 Å². The van der Waals surface area contributed by atoms with Crippen LogP contribution < -0.4 is 22.5 Å². The molecule has 0 spiro atoms. The molecule has 0 bridgehead atoms. The molecule has 2 amide bonds. The van der Waals surface area contributed by atoms with Gasteiger partial charge in [-0.2, -0.15) is 0 Å². The van der Waals surface area contributed by atoms with Crippen LogP contribution in [0.1, 0.15) is 0 Å². The highest BCUT2D eigenvalue weighted by atomic mass is 16.2. The lowest BCUT2D eigenvalue weighted by molar-refractivity contribution is -0.117. The number of carbonyl (C=O) groups is 2. The number of hydrogen-bond acceptors (Lipinski definition) is 4. The quantitative estimate of drug-likeness (QED) is 0.130. The van der Waals surface area contributed by atoms with Crippen molar-refractivity contribution >= 4 is 11.8 Å². The van der Waals surface area contributed by atoms with Crippen molar-refractivity contribution in [2.24, 2.45) is 11.7 Å². The molecule has 0 aromatic carbocycles. The first kappa shape index (κ1) is 10.3. The first-order valence-corrected chi connectivity index (χ1v) is 3.06. The minimum absolute atomic E-state index is 0.451. The normalized spacial score (nSPS) is 10.5. The third-order valence-corrected chi connectivity index (χ3v) is 0.891. The van der Waals surface area contributed by atoms with Gasteiger partial charge in [-0.25, -0.2) is 11.7 Å². The number of amides is 2. The van der Waals surface area contributed by atoms with Crippen molar-refractivity contribution < 1.29 is 9.59 Å². The molecular formula is C6H10N4O2. The number of hydrazine groups is 2. The lowest BCUT2D eigenvalue weighted by Crippen LogP contribution is -2.28. The summed E-state index contributed by atoms with van der Waals surface area (Å²) >= 11 is 0. The molecule has 0 saturated heterocycles. The standard InChI is InChI=1S/C6H10N4O2/c7-9-5(11)3-1-2-4-6(12)10-8/h1-4H,7-8H2,(H,9,11)(H,10,12)/b3-1+,4-2+. The minimum Gasteiger partial charge on any atom is -0.291 e. The van der Waals surface area contributed by atoms with E-state index in [1.165, 1.54) is 24.3 Å². The smallest absolute Gasteiger partial charge is 0.257 e. The van der Waals surface area contributed by atoms with E-state index in [0.29, 0.717) is 0 Å². The van der Waals surface area contributed by atoms with Crippen molar-refractivity contribution in [2.75, 3.05) is 0 Å². The molecule has 0 aromatic rings. The van der Waals surface area contributed by atoms with Crippen molar-refractivity contribution in [3.63, 3.8) is 0 Å². The molecule has 0 heterocycles. The molecule has 0 aliphatic heterocycles. The van der Waals surface area contributed by atoms with E-state index in [9.17, 15) is 9.59 Å². The Morgan fingerprint density at radius 1 is 0.917 bits per heavy atom. The van der Waals surface area contributed by atoms with E-state index in [1.807, 2.05) is 10.9 Å². The van der Waals surface area contributed by atoms with E-state index in [1.54, 1.807) is 0 Å². The molecule has 0 rings (SSSR count). The van der Waals surface area contributed by atoms with Crippen molar-refractivity contribution in [3.8, 4) is 0 Å². The highest BCUT2D eigenvalue weighted by Gasteiger charge is 1.86. The lowest BCUT2D eigenvalue weighted by Gasteiger charge is -1.87. The van der Waals surface area contributed by atoms with Gasteiger partial charge in [-0.1, -0.05) is 12.2 Å². The molecule has 0 atom stereocenters. The molecule has 0 unspecified atom stereocenters. The van der Waals surface area contributed by atoms with Gasteiger partial charge in [-0.05, 0) is 0 Å². The second-order valence-corrected chi connectivity index (χ2v) is 1.74. The maximum atomic E-state index is 10.4. The van der Waals surface area contributed by atoms with Crippen LogP contribution in [0.15, 0.2) is 24.3 Å². The molecule has 0 radical (unpaired) electrons. The number of rotatable bonds is 3. The molecular weight excluding hydrogens is 160 g/mol. The maximum Gasteiger partial charge on any atom is 0.257 e. The van der Waals surface area contributed by atoms with Gasteiger partial charge in [-0.3, -0.25) is 20.4 Å². The third-order valence-electron chi connectivity index (χ3n) is 0.891. The Bertz CT molecular complexity index is 198. The van der Waals surface area contributed by atoms with Gasteiger partial charge < -0.3 is 0 Å². The van der Waals surface area contributed by atoms with E-state index in [2.05, 4.69) is 0 Å². The molecule has 6 nitrogen and oxygen atoms in total. The predicted octanol–water partition coefficient (Wildman–Crippen LogP) is -1.92. The average molecular weight is 170 g/mol. The predicted molar refractivity (Wildman–Crippen MR) is 42.9 cm³/mol. The van der Waals surface area contributed by atoms with Gasteiger partial charge in [0, 0.05) is 12.2 Å². The van der Waals surface area contributed by atoms with Crippen molar-refractivity contribution in [1.29, 1.82) is 0 Å². The van der Waals surface area contributed by atoms with Crippen molar-refractivity contribution in [1.82, 2.24) is 10.9 Å². The topological polar surface area (TPSA) is 110 Å². The van der Waals surface area contributed by atoms with Crippen LogP contribution in [0.5, 0.6) is 0 Å². The second kappa shape index (κ2) is 6.08. The summed E-state index contributed by atoms with van der Waals surface area (Å²) in [5.74, 6) is 8.63. The SMILES string of the molecule is NNC(=O)/C=C/C=C/C(=O)NN. The van der Waals surface area contributed by atoms with E-state index >= 15 is 0 Å². The summed E-state index contributed by atoms with van der Waals surface area (Å²) in [5, 5.41) is 0. The van der Waals surface area contributed by atoms with Gasteiger partial charge in [0.2, 0.25) is 0 Å². The van der Waals surface area contributed by atoms with Crippen LogP contribution >= 0.6 is 0 Å². The summed E-state index contributed by atoms with van der Waals surface area (Å²) < 4.78 is 0. The molecule has 0 fully saturated rings. The van der Waals surface area contributed by atoms with Crippen LogP contribution in [0.3, 0.4) is 0 Å². The Kier molecular flexibility index (Phi) is 5.24.